The minimum absolute atomic E-state index is 0.105. The van der Waals surface area contributed by atoms with Crippen molar-refractivity contribution in [3.05, 3.63) is 0 Å². The number of phosphoric acid groups is 2. The maximum atomic E-state index is 13.0. The Kier molecular flexibility index (Phi) is 61.3. The highest BCUT2D eigenvalue weighted by Crippen LogP contribution is 2.45. The molecule has 7 atom stereocenters. The average Bonchev–Trinajstić information content (AvgIpc) is 3.71. The van der Waals surface area contributed by atoms with Crippen LogP contribution in [0.3, 0.4) is 0 Å². The summed E-state index contributed by atoms with van der Waals surface area (Å²) in [6.45, 7) is 14.2. The standard InChI is InChI=1S/C73H142O17P2/c1-9-65(7)51-43-35-27-23-24-30-40-48-56-73(78)90-68(59-83-70(75)53-45-37-28-21-17-13-11-12-15-19-25-33-41-49-63(3)4)61-87-91(79,80)85-57-67(74)58-86-92(81,82)88-62-69(60-84-71(76)54-46-38-32-31-36-44-52-66(8)10-2)89-72(77)55-47-39-29-22-18-14-16-20-26-34-42-50-64(5)6/h63-69,74H,9-62H2,1-8H3,(H,79,80)(H,81,82)/t65?,66?,67-,68-,69-/m1/s1. The molecule has 4 unspecified atom stereocenters. The number of rotatable bonds is 70. The van der Waals surface area contributed by atoms with Crippen molar-refractivity contribution in [2.24, 2.45) is 23.7 Å². The molecule has 0 aromatic heterocycles. The van der Waals surface area contributed by atoms with Gasteiger partial charge < -0.3 is 33.8 Å². The van der Waals surface area contributed by atoms with Gasteiger partial charge in [0, 0.05) is 25.7 Å². The number of hydrogen-bond acceptors (Lipinski definition) is 15. The van der Waals surface area contributed by atoms with E-state index in [-0.39, 0.29) is 25.7 Å². The molecule has 0 rings (SSSR count). The zero-order valence-electron chi connectivity index (χ0n) is 60.2. The summed E-state index contributed by atoms with van der Waals surface area (Å²) >= 11 is 0. The number of ether oxygens (including phenoxy) is 4. The van der Waals surface area contributed by atoms with Crippen molar-refractivity contribution in [2.45, 2.75) is 382 Å². The number of hydrogen-bond donors (Lipinski definition) is 3. The van der Waals surface area contributed by atoms with E-state index in [0.29, 0.717) is 25.7 Å². The zero-order chi connectivity index (χ0) is 68.2. The largest absolute Gasteiger partial charge is 0.472 e. The van der Waals surface area contributed by atoms with Crippen LogP contribution >= 0.6 is 15.6 Å². The molecule has 0 saturated carbocycles. The Labute approximate surface area is 562 Å². The number of unbranched alkanes of at least 4 members (excludes halogenated alkanes) is 34. The van der Waals surface area contributed by atoms with Gasteiger partial charge in [-0.2, -0.15) is 0 Å². The lowest BCUT2D eigenvalue weighted by Crippen LogP contribution is -2.30. The van der Waals surface area contributed by atoms with E-state index in [0.717, 1.165) is 120 Å². The second-order valence-corrected chi connectivity index (χ2v) is 30.7. The number of carbonyl (C=O) groups excluding carboxylic acids is 4. The quantitative estimate of drug-likeness (QED) is 0.0222. The number of esters is 4. The minimum Gasteiger partial charge on any atom is -0.462 e. The van der Waals surface area contributed by atoms with Gasteiger partial charge in [-0.15, -0.1) is 0 Å². The van der Waals surface area contributed by atoms with Crippen molar-refractivity contribution < 1.29 is 80.2 Å². The predicted molar refractivity (Wildman–Crippen MR) is 372 cm³/mol. The minimum atomic E-state index is -4.96. The van der Waals surface area contributed by atoms with Gasteiger partial charge in [0.05, 0.1) is 26.4 Å². The van der Waals surface area contributed by atoms with E-state index in [2.05, 4.69) is 55.4 Å². The fourth-order valence-corrected chi connectivity index (χ4v) is 12.5. The molecule has 546 valence electrons. The second kappa shape index (κ2) is 62.6. The van der Waals surface area contributed by atoms with E-state index in [1.54, 1.807) is 0 Å². The van der Waals surface area contributed by atoms with Gasteiger partial charge in [-0.05, 0) is 49.4 Å². The molecular weight excluding hydrogens is 1210 g/mol. The van der Waals surface area contributed by atoms with E-state index in [4.69, 9.17) is 37.0 Å². The van der Waals surface area contributed by atoms with Gasteiger partial charge in [0.1, 0.15) is 19.3 Å². The monoisotopic (exact) mass is 1350 g/mol. The summed E-state index contributed by atoms with van der Waals surface area (Å²) in [5, 5.41) is 10.6. The maximum Gasteiger partial charge on any atom is 0.472 e. The third kappa shape index (κ3) is 64.1. The topological polar surface area (TPSA) is 237 Å². The van der Waals surface area contributed by atoms with Crippen molar-refractivity contribution >= 4 is 39.5 Å². The van der Waals surface area contributed by atoms with Crippen molar-refractivity contribution in [3.8, 4) is 0 Å². The molecular formula is C73H142O17P2. The van der Waals surface area contributed by atoms with Crippen molar-refractivity contribution in [2.75, 3.05) is 39.6 Å². The third-order valence-corrected chi connectivity index (χ3v) is 19.4. The van der Waals surface area contributed by atoms with Crippen LogP contribution in [0.25, 0.3) is 0 Å². The fourth-order valence-electron chi connectivity index (χ4n) is 11.0. The van der Waals surface area contributed by atoms with Gasteiger partial charge in [0.15, 0.2) is 12.2 Å². The van der Waals surface area contributed by atoms with E-state index in [9.17, 15) is 43.2 Å². The average molecular weight is 1350 g/mol. The molecule has 0 aliphatic rings. The summed E-state index contributed by atoms with van der Waals surface area (Å²) in [5.41, 5.74) is 0. The Morgan fingerprint density at radius 2 is 0.522 bits per heavy atom. The van der Waals surface area contributed by atoms with Gasteiger partial charge in [0.25, 0.3) is 0 Å². The zero-order valence-corrected chi connectivity index (χ0v) is 62.0. The molecule has 0 fully saturated rings. The molecule has 0 aliphatic carbocycles. The number of aliphatic hydroxyl groups excluding tert-OH is 1. The van der Waals surface area contributed by atoms with Gasteiger partial charge >= 0.3 is 39.5 Å². The van der Waals surface area contributed by atoms with Gasteiger partial charge in [-0.3, -0.25) is 37.3 Å². The molecule has 19 heteroatoms. The Morgan fingerprint density at radius 3 is 0.772 bits per heavy atom. The Balaban J connectivity index is 5.25. The van der Waals surface area contributed by atoms with E-state index >= 15 is 0 Å². The van der Waals surface area contributed by atoms with E-state index in [1.807, 2.05) is 0 Å². The predicted octanol–water partition coefficient (Wildman–Crippen LogP) is 20.9. The normalized spacial score (nSPS) is 14.8. The molecule has 0 amide bonds. The Hall–Kier alpha value is -1.94. The third-order valence-electron chi connectivity index (χ3n) is 17.5. The first kappa shape index (κ1) is 90.1. The van der Waals surface area contributed by atoms with Crippen LogP contribution in [0.1, 0.15) is 364 Å². The molecule has 3 N–H and O–H groups in total. The van der Waals surface area contributed by atoms with Crippen LogP contribution in [-0.4, -0.2) is 96.7 Å². The summed E-state index contributed by atoms with van der Waals surface area (Å²) in [6, 6.07) is 0. The summed E-state index contributed by atoms with van der Waals surface area (Å²) in [4.78, 5) is 72.7. The number of carbonyl (C=O) groups is 4. The van der Waals surface area contributed by atoms with Crippen LogP contribution in [0.2, 0.25) is 0 Å². The first-order valence-electron chi connectivity index (χ1n) is 37.8. The molecule has 0 heterocycles. The van der Waals surface area contributed by atoms with E-state index < -0.39 is 97.5 Å². The van der Waals surface area contributed by atoms with Crippen LogP contribution in [0.5, 0.6) is 0 Å². The lowest BCUT2D eigenvalue weighted by atomic mass is 9.99. The summed E-state index contributed by atoms with van der Waals surface area (Å²) in [5.74, 6) is 0.930. The van der Waals surface area contributed by atoms with Crippen LogP contribution in [0, 0.1) is 23.7 Å². The molecule has 0 saturated heterocycles. The lowest BCUT2D eigenvalue weighted by Gasteiger charge is -2.21. The van der Waals surface area contributed by atoms with E-state index in [1.165, 1.54) is 161 Å². The van der Waals surface area contributed by atoms with Crippen LogP contribution in [0.4, 0.5) is 0 Å². The molecule has 0 aromatic carbocycles. The van der Waals surface area contributed by atoms with Crippen LogP contribution in [-0.2, 0) is 65.4 Å². The maximum absolute atomic E-state index is 13.0. The molecule has 0 aliphatic heterocycles. The highest BCUT2D eigenvalue weighted by molar-refractivity contribution is 7.47. The number of phosphoric ester groups is 2. The summed E-state index contributed by atoms with van der Waals surface area (Å²) in [6.07, 6.45) is 45.7. The summed E-state index contributed by atoms with van der Waals surface area (Å²) in [7, 11) is -9.91. The first-order valence-corrected chi connectivity index (χ1v) is 40.8. The van der Waals surface area contributed by atoms with Gasteiger partial charge in [-0.25, -0.2) is 9.13 Å². The van der Waals surface area contributed by atoms with Crippen molar-refractivity contribution in [3.63, 3.8) is 0 Å². The Morgan fingerprint density at radius 1 is 0.304 bits per heavy atom. The van der Waals surface area contributed by atoms with Crippen molar-refractivity contribution in [1.29, 1.82) is 0 Å². The first-order chi connectivity index (χ1) is 44.2. The molecule has 0 spiro atoms. The molecule has 0 radical (unpaired) electrons. The van der Waals surface area contributed by atoms with Gasteiger partial charge in [0.2, 0.25) is 0 Å². The highest BCUT2D eigenvalue weighted by atomic mass is 31.2. The van der Waals surface area contributed by atoms with Gasteiger partial charge in [-0.1, -0.05) is 312 Å². The molecule has 17 nitrogen and oxygen atoms in total. The smallest absolute Gasteiger partial charge is 0.462 e. The number of aliphatic hydroxyl groups is 1. The van der Waals surface area contributed by atoms with Crippen LogP contribution in [0.15, 0.2) is 0 Å². The molecule has 0 bridgehead atoms. The SMILES string of the molecule is CCC(C)CCCCCCCCCCC(=O)O[C@H](COC(=O)CCCCCCCCCCCCCCCC(C)C)COP(=O)(O)OC[C@@H](O)COP(=O)(O)OC[C@@H](COC(=O)CCCCCCCCC(C)CC)OC(=O)CCCCCCCCCCCCCC(C)C. The molecule has 92 heavy (non-hydrogen) atoms. The highest BCUT2D eigenvalue weighted by Gasteiger charge is 2.30. The molecule has 0 aromatic rings. The Bertz CT molecular complexity index is 1820. The summed E-state index contributed by atoms with van der Waals surface area (Å²) < 4.78 is 68.4. The lowest BCUT2D eigenvalue weighted by molar-refractivity contribution is -0.161. The second-order valence-electron chi connectivity index (χ2n) is 27.8. The fraction of sp³-hybridized carbons (Fsp3) is 0.945. The van der Waals surface area contributed by atoms with Crippen LogP contribution < -0.4 is 0 Å². The van der Waals surface area contributed by atoms with Crippen molar-refractivity contribution in [1.82, 2.24) is 0 Å².